The number of carbonyl (C=O) groups is 2. The van der Waals surface area contributed by atoms with E-state index in [4.69, 9.17) is 4.74 Å². The van der Waals surface area contributed by atoms with Crippen molar-refractivity contribution in [1.82, 2.24) is 4.31 Å². The van der Waals surface area contributed by atoms with Crippen LogP contribution in [0.5, 0.6) is 0 Å². The molecule has 32 heavy (non-hydrogen) atoms. The summed E-state index contributed by atoms with van der Waals surface area (Å²) in [7, 11) is -3.57. The molecule has 2 aromatic rings. The number of nitrogens with zero attached hydrogens (tertiary/aromatic N) is 2. The van der Waals surface area contributed by atoms with Crippen molar-refractivity contribution in [1.29, 1.82) is 0 Å². The lowest BCUT2D eigenvalue weighted by Crippen LogP contribution is -2.35. The highest BCUT2D eigenvalue weighted by atomic mass is 32.2. The van der Waals surface area contributed by atoms with Crippen LogP contribution < -0.4 is 5.32 Å². The van der Waals surface area contributed by atoms with Crippen LogP contribution in [-0.2, 0) is 19.6 Å². The van der Waals surface area contributed by atoms with Crippen molar-refractivity contribution in [2.75, 3.05) is 25.0 Å². The number of nitro groups is 1. The number of hydrogen-bond acceptors (Lipinski definition) is 7. The lowest BCUT2D eigenvalue weighted by molar-refractivity contribution is -0.385. The van der Waals surface area contributed by atoms with Gasteiger partial charge >= 0.3 is 5.97 Å². The van der Waals surface area contributed by atoms with Gasteiger partial charge in [-0.3, -0.25) is 14.9 Å². The SMILES string of the molecule is Cc1ccc(C(=O)OCC(=O)Nc2ccc(S(=O)(=O)N3CCCCC3)cc2)cc1[N+](=O)[O-]. The third kappa shape index (κ3) is 5.48. The zero-order valence-electron chi connectivity index (χ0n) is 17.4. The summed E-state index contributed by atoms with van der Waals surface area (Å²) in [5.74, 6) is -1.50. The van der Waals surface area contributed by atoms with Crippen molar-refractivity contribution in [3.8, 4) is 0 Å². The van der Waals surface area contributed by atoms with Crippen molar-refractivity contribution in [3.63, 3.8) is 0 Å². The quantitative estimate of drug-likeness (QED) is 0.380. The fourth-order valence-electron chi connectivity index (χ4n) is 3.31. The lowest BCUT2D eigenvalue weighted by atomic mass is 10.1. The number of aryl methyl sites for hydroxylation is 1. The minimum absolute atomic E-state index is 0.0395. The zero-order chi connectivity index (χ0) is 23.3. The first-order chi connectivity index (χ1) is 15.2. The van der Waals surface area contributed by atoms with Crippen molar-refractivity contribution in [2.45, 2.75) is 31.1 Å². The first-order valence-corrected chi connectivity index (χ1v) is 11.4. The van der Waals surface area contributed by atoms with E-state index in [1.807, 2.05) is 0 Å². The molecule has 170 valence electrons. The number of anilines is 1. The molecule has 0 spiro atoms. The molecule has 0 saturated carbocycles. The standard InChI is InChI=1S/C21H23N3O7S/c1-15-5-6-16(13-19(15)24(27)28)21(26)31-14-20(25)22-17-7-9-18(10-8-17)32(29,30)23-11-3-2-4-12-23/h5-10,13H,2-4,11-12,14H2,1H3,(H,22,25). The number of piperidine rings is 1. The lowest BCUT2D eigenvalue weighted by Gasteiger charge is -2.25. The molecule has 1 amide bonds. The second-order valence-corrected chi connectivity index (χ2v) is 9.31. The summed E-state index contributed by atoms with van der Waals surface area (Å²) in [6.45, 7) is 1.94. The van der Waals surface area contributed by atoms with Gasteiger partial charge in [-0.1, -0.05) is 12.5 Å². The molecule has 10 nitrogen and oxygen atoms in total. The van der Waals surface area contributed by atoms with Crippen LogP contribution in [0.2, 0.25) is 0 Å². The molecule has 1 saturated heterocycles. The van der Waals surface area contributed by atoms with Crippen LogP contribution in [0.3, 0.4) is 0 Å². The number of hydrogen-bond donors (Lipinski definition) is 1. The molecule has 0 radical (unpaired) electrons. The van der Waals surface area contributed by atoms with Gasteiger partial charge in [0, 0.05) is 30.4 Å². The van der Waals surface area contributed by atoms with Crippen molar-refractivity contribution in [3.05, 3.63) is 63.7 Å². The number of esters is 1. The number of carbonyl (C=O) groups excluding carboxylic acids is 2. The molecule has 1 aliphatic rings. The monoisotopic (exact) mass is 461 g/mol. The molecule has 1 fully saturated rings. The summed E-state index contributed by atoms with van der Waals surface area (Å²) in [4.78, 5) is 34.7. The highest BCUT2D eigenvalue weighted by Crippen LogP contribution is 2.22. The third-order valence-corrected chi connectivity index (χ3v) is 6.98. The van der Waals surface area contributed by atoms with Gasteiger partial charge in [0.1, 0.15) is 0 Å². The van der Waals surface area contributed by atoms with Gasteiger partial charge in [-0.05, 0) is 50.1 Å². The molecule has 11 heteroatoms. The number of nitrogens with one attached hydrogen (secondary N) is 1. The molecule has 1 N–H and O–H groups in total. The minimum Gasteiger partial charge on any atom is -0.452 e. The van der Waals surface area contributed by atoms with Crippen molar-refractivity contribution in [2.24, 2.45) is 0 Å². The van der Waals surface area contributed by atoms with Crippen LogP contribution in [0.1, 0.15) is 35.2 Å². The van der Waals surface area contributed by atoms with Crippen LogP contribution in [0.25, 0.3) is 0 Å². The Labute approximate surface area is 185 Å². The number of rotatable bonds is 7. The van der Waals surface area contributed by atoms with Gasteiger partial charge in [-0.25, -0.2) is 13.2 Å². The van der Waals surface area contributed by atoms with Gasteiger partial charge in [0.25, 0.3) is 11.6 Å². The van der Waals surface area contributed by atoms with Crippen LogP contribution >= 0.6 is 0 Å². The first-order valence-electron chi connectivity index (χ1n) is 10.0. The topological polar surface area (TPSA) is 136 Å². The van der Waals surface area contributed by atoms with Crippen molar-refractivity contribution >= 4 is 33.3 Å². The normalized spacial score (nSPS) is 14.5. The predicted molar refractivity (Wildman–Crippen MR) is 116 cm³/mol. The highest BCUT2D eigenvalue weighted by molar-refractivity contribution is 7.89. The fourth-order valence-corrected chi connectivity index (χ4v) is 4.83. The number of nitro benzene ring substituents is 1. The first kappa shape index (κ1) is 23.4. The molecule has 0 unspecified atom stereocenters. The predicted octanol–water partition coefficient (Wildman–Crippen LogP) is 2.87. The maximum absolute atomic E-state index is 12.7. The molecule has 0 aliphatic carbocycles. The molecule has 0 aromatic heterocycles. The molecule has 1 aliphatic heterocycles. The Kier molecular flexibility index (Phi) is 7.21. The van der Waals surface area contributed by atoms with E-state index in [1.54, 1.807) is 6.92 Å². The number of ether oxygens (including phenoxy) is 1. The van der Waals surface area contributed by atoms with E-state index in [1.165, 1.54) is 40.7 Å². The van der Waals surface area contributed by atoms with Gasteiger partial charge in [-0.2, -0.15) is 4.31 Å². The van der Waals surface area contributed by atoms with Gasteiger partial charge in [0.2, 0.25) is 10.0 Å². The van der Waals surface area contributed by atoms with Gasteiger partial charge < -0.3 is 10.1 Å². The number of benzene rings is 2. The van der Waals surface area contributed by atoms with E-state index in [0.717, 1.165) is 25.3 Å². The third-order valence-electron chi connectivity index (χ3n) is 5.07. The number of amides is 1. The second kappa shape index (κ2) is 9.88. The van der Waals surface area contributed by atoms with E-state index in [9.17, 15) is 28.1 Å². The molecular weight excluding hydrogens is 438 g/mol. The Bertz CT molecular complexity index is 1120. The Hall–Kier alpha value is -3.31. The summed E-state index contributed by atoms with van der Waals surface area (Å²) < 4.78 is 31.7. The fraction of sp³-hybridized carbons (Fsp3) is 0.333. The number of sulfonamides is 1. The van der Waals surface area contributed by atoms with E-state index >= 15 is 0 Å². The summed E-state index contributed by atoms with van der Waals surface area (Å²) in [6.07, 6.45) is 2.69. The van der Waals surface area contributed by atoms with Crippen LogP contribution in [-0.4, -0.2) is 49.2 Å². The smallest absolute Gasteiger partial charge is 0.338 e. The summed E-state index contributed by atoms with van der Waals surface area (Å²) >= 11 is 0. The molecule has 0 atom stereocenters. The maximum atomic E-state index is 12.7. The zero-order valence-corrected chi connectivity index (χ0v) is 18.3. The van der Waals surface area contributed by atoms with Gasteiger partial charge in [0.15, 0.2) is 6.61 Å². The van der Waals surface area contributed by atoms with Crippen molar-refractivity contribution < 1.29 is 27.7 Å². The molecule has 3 rings (SSSR count). The van der Waals surface area contributed by atoms with Crippen LogP contribution in [0, 0.1) is 17.0 Å². The molecule has 0 bridgehead atoms. The highest BCUT2D eigenvalue weighted by Gasteiger charge is 2.25. The Morgan fingerprint density at radius 1 is 1.09 bits per heavy atom. The maximum Gasteiger partial charge on any atom is 0.338 e. The Morgan fingerprint density at radius 3 is 2.38 bits per heavy atom. The van der Waals surface area contributed by atoms with Gasteiger partial charge in [-0.15, -0.1) is 0 Å². The van der Waals surface area contributed by atoms with E-state index in [0.29, 0.717) is 24.3 Å². The Morgan fingerprint density at radius 2 is 1.75 bits per heavy atom. The summed E-state index contributed by atoms with van der Waals surface area (Å²) in [5.41, 5.74) is 0.482. The van der Waals surface area contributed by atoms with E-state index < -0.39 is 33.4 Å². The van der Waals surface area contributed by atoms with E-state index in [2.05, 4.69) is 5.32 Å². The van der Waals surface area contributed by atoms with Crippen LogP contribution in [0.4, 0.5) is 11.4 Å². The second-order valence-electron chi connectivity index (χ2n) is 7.37. The summed E-state index contributed by atoms with van der Waals surface area (Å²) in [6, 6.07) is 9.64. The molecular formula is C21H23N3O7S. The minimum atomic E-state index is -3.57. The Balaban J connectivity index is 1.57. The van der Waals surface area contributed by atoms with Gasteiger partial charge in [0.05, 0.1) is 15.4 Å². The summed E-state index contributed by atoms with van der Waals surface area (Å²) in [5, 5.41) is 13.5. The average Bonchev–Trinajstić information content (AvgIpc) is 2.78. The largest absolute Gasteiger partial charge is 0.452 e. The molecule has 2 aromatic carbocycles. The van der Waals surface area contributed by atoms with E-state index in [-0.39, 0.29) is 16.1 Å². The molecule has 1 heterocycles. The average molecular weight is 461 g/mol. The van der Waals surface area contributed by atoms with Crippen LogP contribution in [0.15, 0.2) is 47.4 Å².